The van der Waals surface area contributed by atoms with Crippen LogP contribution in [0, 0.1) is 0 Å². The molecule has 0 atom stereocenters. The maximum absolute atomic E-state index is 11.3. The van der Waals surface area contributed by atoms with E-state index in [0.717, 1.165) is 25.3 Å². The Kier molecular flexibility index (Phi) is 1.95. The van der Waals surface area contributed by atoms with Gasteiger partial charge < -0.3 is 4.98 Å². The fraction of sp³-hybridized carbons (Fsp3) is 0.500. The highest BCUT2D eigenvalue weighted by Crippen LogP contribution is 2.37. The summed E-state index contributed by atoms with van der Waals surface area (Å²) >= 11 is 0. The van der Waals surface area contributed by atoms with E-state index in [1.54, 1.807) is 0 Å². The summed E-state index contributed by atoms with van der Waals surface area (Å²) in [7, 11) is -3.46. The van der Waals surface area contributed by atoms with Gasteiger partial charge in [0.05, 0.1) is 6.20 Å². The molecule has 1 fully saturated rings. The third-order valence-electron chi connectivity index (χ3n) is 2.15. The number of aromatic amines is 1. The van der Waals surface area contributed by atoms with Crippen molar-refractivity contribution in [3.05, 3.63) is 22.4 Å². The predicted molar refractivity (Wildman–Crippen MR) is 49.9 cm³/mol. The van der Waals surface area contributed by atoms with Gasteiger partial charge in [0.1, 0.15) is 10.7 Å². The molecule has 0 aliphatic heterocycles. The highest BCUT2D eigenvalue weighted by molar-refractivity contribution is 7.90. The van der Waals surface area contributed by atoms with Crippen molar-refractivity contribution in [3.8, 4) is 0 Å². The summed E-state index contributed by atoms with van der Waals surface area (Å²) < 4.78 is 22.2. The Hall–Kier alpha value is -1.17. The van der Waals surface area contributed by atoms with E-state index >= 15 is 0 Å². The number of hydrogen-bond acceptors (Lipinski definition) is 4. The zero-order valence-corrected chi connectivity index (χ0v) is 8.47. The minimum absolute atomic E-state index is 0.262. The van der Waals surface area contributed by atoms with Gasteiger partial charge in [-0.05, 0) is 12.8 Å². The lowest BCUT2D eigenvalue weighted by atomic mass is 10.4. The van der Waals surface area contributed by atoms with Crippen LogP contribution in [0.5, 0.6) is 0 Å². The van der Waals surface area contributed by atoms with Crippen LogP contribution in [0.15, 0.2) is 15.9 Å². The van der Waals surface area contributed by atoms with Gasteiger partial charge in [0.25, 0.3) is 5.56 Å². The Morgan fingerprint density at radius 2 is 2.14 bits per heavy atom. The second kappa shape index (κ2) is 2.91. The fourth-order valence-corrected chi connectivity index (χ4v) is 1.86. The molecule has 0 unspecified atom stereocenters. The first-order chi connectivity index (χ1) is 6.48. The second-order valence-corrected chi connectivity index (χ2v) is 5.49. The third-order valence-corrected chi connectivity index (χ3v) is 3.24. The summed E-state index contributed by atoms with van der Waals surface area (Å²) in [5.74, 6) is 0.915. The van der Waals surface area contributed by atoms with Crippen molar-refractivity contribution in [2.24, 2.45) is 0 Å². The summed E-state index contributed by atoms with van der Waals surface area (Å²) in [6.45, 7) is 0. The molecule has 1 saturated carbocycles. The molecule has 1 aromatic heterocycles. The fourth-order valence-electron chi connectivity index (χ4n) is 1.23. The Labute approximate surface area is 81.1 Å². The SMILES string of the molecule is CS(=O)(=O)c1cnc(C2CC2)[nH]c1=O. The van der Waals surface area contributed by atoms with Gasteiger partial charge in [0.2, 0.25) is 0 Å². The van der Waals surface area contributed by atoms with Crippen molar-refractivity contribution in [2.75, 3.05) is 6.26 Å². The van der Waals surface area contributed by atoms with Crippen LogP contribution in [0.2, 0.25) is 0 Å². The van der Waals surface area contributed by atoms with Crippen molar-refractivity contribution >= 4 is 9.84 Å². The van der Waals surface area contributed by atoms with Gasteiger partial charge in [-0.15, -0.1) is 0 Å². The molecule has 0 aromatic carbocycles. The number of rotatable bonds is 2. The van der Waals surface area contributed by atoms with Crippen molar-refractivity contribution < 1.29 is 8.42 Å². The molecule has 1 N–H and O–H groups in total. The maximum Gasteiger partial charge on any atom is 0.269 e. The molecule has 5 nitrogen and oxygen atoms in total. The van der Waals surface area contributed by atoms with E-state index in [2.05, 4.69) is 9.97 Å². The molecule has 76 valence electrons. The molecule has 0 radical (unpaired) electrons. The first kappa shape index (κ1) is 9.39. The molecule has 6 heteroatoms. The number of sulfone groups is 1. The topological polar surface area (TPSA) is 79.9 Å². The van der Waals surface area contributed by atoms with Gasteiger partial charge in [-0.2, -0.15) is 0 Å². The quantitative estimate of drug-likeness (QED) is 0.754. The lowest BCUT2D eigenvalue weighted by Gasteiger charge is -1.99. The van der Waals surface area contributed by atoms with Gasteiger partial charge in [0.15, 0.2) is 9.84 Å². The molecule has 0 amide bonds. The molecule has 0 spiro atoms. The third kappa shape index (κ3) is 1.70. The first-order valence-electron chi connectivity index (χ1n) is 4.28. The average Bonchev–Trinajstić information content (AvgIpc) is 2.83. The normalized spacial score (nSPS) is 16.9. The lowest BCUT2D eigenvalue weighted by molar-refractivity contribution is 0.599. The Morgan fingerprint density at radius 3 is 2.57 bits per heavy atom. The lowest BCUT2D eigenvalue weighted by Crippen LogP contribution is -2.19. The van der Waals surface area contributed by atoms with Gasteiger partial charge in [0, 0.05) is 12.2 Å². The molecule has 1 aliphatic carbocycles. The van der Waals surface area contributed by atoms with E-state index < -0.39 is 15.4 Å². The minimum Gasteiger partial charge on any atom is -0.309 e. The Morgan fingerprint density at radius 1 is 1.50 bits per heavy atom. The summed E-state index contributed by atoms with van der Waals surface area (Å²) in [5.41, 5.74) is -0.565. The smallest absolute Gasteiger partial charge is 0.269 e. The monoisotopic (exact) mass is 214 g/mol. The van der Waals surface area contributed by atoms with E-state index in [0.29, 0.717) is 11.7 Å². The van der Waals surface area contributed by atoms with Gasteiger partial charge in [-0.3, -0.25) is 4.79 Å². The average molecular weight is 214 g/mol. The van der Waals surface area contributed by atoms with Gasteiger partial charge >= 0.3 is 0 Å². The van der Waals surface area contributed by atoms with E-state index in [1.165, 1.54) is 0 Å². The zero-order valence-electron chi connectivity index (χ0n) is 7.65. The molecule has 2 rings (SSSR count). The van der Waals surface area contributed by atoms with Crippen molar-refractivity contribution in [3.63, 3.8) is 0 Å². The molecule has 0 saturated heterocycles. The molecule has 1 aromatic rings. The maximum atomic E-state index is 11.3. The number of aromatic nitrogens is 2. The van der Waals surface area contributed by atoms with Crippen molar-refractivity contribution in [2.45, 2.75) is 23.7 Å². The summed E-state index contributed by atoms with van der Waals surface area (Å²) in [5, 5.41) is 0. The van der Waals surface area contributed by atoms with Crippen molar-refractivity contribution in [1.29, 1.82) is 0 Å². The number of hydrogen-bond donors (Lipinski definition) is 1. The highest BCUT2D eigenvalue weighted by Gasteiger charge is 2.26. The second-order valence-electron chi connectivity index (χ2n) is 3.51. The predicted octanol–water partition coefficient (Wildman–Crippen LogP) is 0.0508. The van der Waals surface area contributed by atoms with Gasteiger partial charge in [-0.25, -0.2) is 13.4 Å². The van der Waals surface area contributed by atoms with Crippen LogP contribution in [-0.4, -0.2) is 24.6 Å². The molecule has 14 heavy (non-hydrogen) atoms. The van der Waals surface area contributed by atoms with E-state index in [9.17, 15) is 13.2 Å². The van der Waals surface area contributed by atoms with E-state index in [-0.39, 0.29) is 4.90 Å². The summed E-state index contributed by atoms with van der Waals surface area (Å²) in [4.78, 5) is 17.5. The zero-order chi connectivity index (χ0) is 10.3. The van der Waals surface area contributed by atoms with Crippen LogP contribution in [0.3, 0.4) is 0 Å². The van der Waals surface area contributed by atoms with Crippen LogP contribution in [0.4, 0.5) is 0 Å². The standard InChI is InChI=1S/C8H10N2O3S/c1-14(12,13)6-4-9-7(5-2-3-5)10-8(6)11/h4-5H,2-3H2,1H3,(H,9,10,11). The molecular weight excluding hydrogens is 204 g/mol. The number of H-pyrrole nitrogens is 1. The first-order valence-corrected chi connectivity index (χ1v) is 6.17. The van der Waals surface area contributed by atoms with Crippen LogP contribution < -0.4 is 5.56 Å². The van der Waals surface area contributed by atoms with Crippen LogP contribution in [0.1, 0.15) is 24.6 Å². The Balaban J connectivity index is 2.51. The summed E-state index contributed by atoms with van der Waals surface area (Å²) in [6, 6.07) is 0. The molecule has 1 aliphatic rings. The Bertz CT molecular complexity index is 514. The number of nitrogens with zero attached hydrogens (tertiary/aromatic N) is 1. The largest absolute Gasteiger partial charge is 0.309 e. The summed E-state index contributed by atoms with van der Waals surface area (Å²) in [6.07, 6.45) is 4.17. The molecule has 1 heterocycles. The van der Waals surface area contributed by atoms with Crippen LogP contribution >= 0.6 is 0 Å². The highest BCUT2D eigenvalue weighted by atomic mass is 32.2. The van der Waals surface area contributed by atoms with Gasteiger partial charge in [-0.1, -0.05) is 0 Å². The van der Waals surface area contributed by atoms with Crippen LogP contribution in [-0.2, 0) is 9.84 Å². The minimum atomic E-state index is -3.46. The molecular formula is C8H10N2O3S. The number of nitrogens with one attached hydrogen (secondary N) is 1. The van der Waals surface area contributed by atoms with E-state index in [4.69, 9.17) is 0 Å². The van der Waals surface area contributed by atoms with E-state index in [1.807, 2.05) is 0 Å². The molecule has 0 bridgehead atoms. The van der Waals surface area contributed by atoms with Crippen LogP contribution in [0.25, 0.3) is 0 Å². The van der Waals surface area contributed by atoms with Crippen molar-refractivity contribution in [1.82, 2.24) is 9.97 Å².